The van der Waals surface area contributed by atoms with E-state index in [1.165, 1.54) is 18.2 Å². The minimum atomic E-state index is -0.479. The van der Waals surface area contributed by atoms with Gasteiger partial charge in [0, 0.05) is 36.5 Å². The van der Waals surface area contributed by atoms with Crippen LogP contribution in [-0.2, 0) is 12.1 Å². The van der Waals surface area contributed by atoms with Gasteiger partial charge in [0.25, 0.3) is 0 Å². The fourth-order valence-corrected chi connectivity index (χ4v) is 4.33. The predicted octanol–water partition coefficient (Wildman–Crippen LogP) is 5.17. The summed E-state index contributed by atoms with van der Waals surface area (Å²) in [5, 5.41) is 0.0429. The SMILES string of the molecule is C=C(CN)N1CCn2c(nc(-c3ccc(F)cc3)c2-c2ccc(F)c(Cl)c2)C1(C)C. The normalized spacial score (nSPS) is 15.2. The molecule has 2 heterocycles. The van der Waals surface area contributed by atoms with E-state index in [0.29, 0.717) is 25.3 Å². The van der Waals surface area contributed by atoms with E-state index < -0.39 is 11.4 Å². The van der Waals surface area contributed by atoms with E-state index in [1.54, 1.807) is 24.3 Å². The maximum Gasteiger partial charge on any atom is 0.141 e. The Morgan fingerprint density at radius 3 is 2.43 bits per heavy atom. The zero-order valence-electron chi connectivity index (χ0n) is 16.9. The molecular formula is C23H23ClF2N4. The topological polar surface area (TPSA) is 47.1 Å². The fourth-order valence-electron chi connectivity index (χ4n) is 4.15. The van der Waals surface area contributed by atoms with Crippen LogP contribution in [0.15, 0.2) is 54.7 Å². The highest BCUT2D eigenvalue weighted by Gasteiger charge is 2.39. The van der Waals surface area contributed by atoms with Gasteiger partial charge in [-0.25, -0.2) is 13.8 Å². The summed E-state index contributed by atoms with van der Waals surface area (Å²) in [6.45, 7) is 9.96. The van der Waals surface area contributed by atoms with Crippen LogP contribution in [0.3, 0.4) is 0 Å². The summed E-state index contributed by atoms with van der Waals surface area (Å²) in [6.07, 6.45) is 0. The summed E-state index contributed by atoms with van der Waals surface area (Å²) in [4.78, 5) is 7.14. The summed E-state index contributed by atoms with van der Waals surface area (Å²) < 4.78 is 29.5. The molecule has 156 valence electrons. The Balaban J connectivity index is 1.97. The van der Waals surface area contributed by atoms with Gasteiger partial charge >= 0.3 is 0 Å². The van der Waals surface area contributed by atoms with Crippen LogP contribution in [-0.4, -0.2) is 27.5 Å². The maximum atomic E-state index is 13.8. The molecule has 0 aliphatic carbocycles. The first-order chi connectivity index (χ1) is 14.2. The molecule has 0 saturated carbocycles. The molecule has 4 rings (SSSR count). The highest BCUT2D eigenvalue weighted by Crippen LogP contribution is 2.41. The number of hydrogen-bond acceptors (Lipinski definition) is 3. The summed E-state index contributed by atoms with van der Waals surface area (Å²) >= 11 is 6.08. The van der Waals surface area contributed by atoms with Gasteiger partial charge < -0.3 is 15.2 Å². The summed E-state index contributed by atoms with van der Waals surface area (Å²) in [6, 6.07) is 10.8. The van der Waals surface area contributed by atoms with Crippen LogP contribution in [0.5, 0.6) is 0 Å². The summed E-state index contributed by atoms with van der Waals surface area (Å²) in [7, 11) is 0. The number of nitrogens with two attached hydrogens (primary N) is 1. The van der Waals surface area contributed by atoms with Gasteiger partial charge in [-0.05, 0) is 56.3 Å². The van der Waals surface area contributed by atoms with Crippen LogP contribution >= 0.6 is 11.6 Å². The van der Waals surface area contributed by atoms with Gasteiger partial charge in [0.05, 0.1) is 21.9 Å². The Morgan fingerprint density at radius 1 is 1.13 bits per heavy atom. The second kappa shape index (κ2) is 7.52. The van der Waals surface area contributed by atoms with Gasteiger partial charge in [-0.3, -0.25) is 0 Å². The molecule has 0 atom stereocenters. The molecule has 0 fully saturated rings. The van der Waals surface area contributed by atoms with Crippen LogP contribution in [0.2, 0.25) is 5.02 Å². The zero-order chi connectivity index (χ0) is 21.6. The second-order valence-corrected chi connectivity index (χ2v) is 8.31. The van der Waals surface area contributed by atoms with Crippen molar-refractivity contribution in [3.63, 3.8) is 0 Å². The lowest BCUT2D eigenvalue weighted by Gasteiger charge is -2.44. The maximum absolute atomic E-state index is 13.8. The van der Waals surface area contributed by atoms with E-state index in [1.807, 2.05) is 0 Å². The van der Waals surface area contributed by atoms with Crippen molar-refractivity contribution in [1.82, 2.24) is 14.5 Å². The first-order valence-corrected chi connectivity index (χ1v) is 10.1. The molecule has 0 radical (unpaired) electrons. The van der Waals surface area contributed by atoms with Gasteiger partial charge in [0.15, 0.2) is 0 Å². The van der Waals surface area contributed by atoms with Crippen LogP contribution in [0.25, 0.3) is 22.5 Å². The third kappa shape index (κ3) is 3.30. The third-order valence-corrected chi connectivity index (χ3v) is 5.95. The molecule has 0 unspecified atom stereocenters. The second-order valence-electron chi connectivity index (χ2n) is 7.90. The molecule has 2 N–H and O–H groups in total. The molecule has 4 nitrogen and oxygen atoms in total. The first kappa shape index (κ1) is 20.6. The smallest absolute Gasteiger partial charge is 0.141 e. The number of imidazole rings is 1. The number of aromatic nitrogens is 2. The highest BCUT2D eigenvalue weighted by molar-refractivity contribution is 6.31. The van der Waals surface area contributed by atoms with E-state index in [9.17, 15) is 8.78 Å². The first-order valence-electron chi connectivity index (χ1n) is 9.72. The van der Waals surface area contributed by atoms with E-state index in [-0.39, 0.29) is 10.8 Å². The quantitative estimate of drug-likeness (QED) is 0.623. The molecule has 1 aromatic heterocycles. The highest BCUT2D eigenvalue weighted by atomic mass is 35.5. The number of rotatable bonds is 4. The molecule has 3 aromatic rings. The Kier molecular flexibility index (Phi) is 5.16. The van der Waals surface area contributed by atoms with Crippen LogP contribution < -0.4 is 5.73 Å². The molecule has 0 bridgehead atoms. The summed E-state index contributed by atoms with van der Waals surface area (Å²) in [5.74, 6) is 0.0332. The van der Waals surface area contributed by atoms with Crippen LogP contribution in [0, 0.1) is 11.6 Å². The molecule has 1 aliphatic heterocycles. The molecule has 0 amide bonds. The molecule has 0 saturated heterocycles. The Bertz CT molecular complexity index is 1120. The predicted molar refractivity (Wildman–Crippen MR) is 116 cm³/mol. The van der Waals surface area contributed by atoms with E-state index in [2.05, 4.69) is 29.9 Å². The van der Waals surface area contributed by atoms with Gasteiger partial charge in [-0.15, -0.1) is 0 Å². The molecule has 1 aliphatic rings. The standard InChI is InChI=1S/C23H23ClF2N4/c1-14(13-27)30-11-10-29-21(16-6-9-19(26)18(24)12-16)20(28-22(29)23(30,2)3)15-4-7-17(25)8-5-15/h4-9,12H,1,10-11,13,27H2,2-3H3. The molecule has 30 heavy (non-hydrogen) atoms. The van der Waals surface area contributed by atoms with Gasteiger partial charge in [0.2, 0.25) is 0 Å². The minimum Gasteiger partial charge on any atom is -0.360 e. The monoisotopic (exact) mass is 428 g/mol. The van der Waals surface area contributed by atoms with E-state index in [4.69, 9.17) is 22.3 Å². The third-order valence-electron chi connectivity index (χ3n) is 5.66. The van der Waals surface area contributed by atoms with Crippen molar-refractivity contribution in [3.8, 4) is 22.5 Å². The zero-order valence-corrected chi connectivity index (χ0v) is 17.7. The number of halogens is 3. The number of hydrogen-bond donors (Lipinski definition) is 1. The van der Waals surface area contributed by atoms with Crippen molar-refractivity contribution in [2.24, 2.45) is 5.73 Å². The molecule has 7 heteroatoms. The number of nitrogens with zero attached hydrogens (tertiary/aromatic N) is 3. The average Bonchev–Trinajstić information content (AvgIpc) is 3.11. The largest absolute Gasteiger partial charge is 0.360 e. The average molecular weight is 429 g/mol. The van der Waals surface area contributed by atoms with Gasteiger partial charge in [-0.2, -0.15) is 0 Å². The van der Waals surface area contributed by atoms with Crippen molar-refractivity contribution in [1.29, 1.82) is 0 Å². The van der Waals surface area contributed by atoms with Crippen LogP contribution in [0.4, 0.5) is 8.78 Å². The Morgan fingerprint density at radius 2 is 1.80 bits per heavy atom. The van der Waals surface area contributed by atoms with Crippen molar-refractivity contribution < 1.29 is 8.78 Å². The Hall–Kier alpha value is -2.70. The lowest BCUT2D eigenvalue weighted by Crippen LogP contribution is -2.49. The summed E-state index contributed by atoms with van der Waals surface area (Å²) in [5.41, 5.74) is 9.26. The van der Waals surface area contributed by atoms with Crippen molar-refractivity contribution >= 4 is 11.6 Å². The van der Waals surface area contributed by atoms with Crippen molar-refractivity contribution in [2.45, 2.75) is 25.9 Å². The Labute approximate surface area is 179 Å². The van der Waals surface area contributed by atoms with Gasteiger partial charge in [0.1, 0.15) is 17.5 Å². The van der Waals surface area contributed by atoms with Gasteiger partial charge in [-0.1, -0.05) is 18.2 Å². The molecular weight excluding hydrogens is 406 g/mol. The fraction of sp³-hybridized carbons (Fsp3) is 0.261. The molecule has 0 spiro atoms. The van der Waals surface area contributed by atoms with Crippen LogP contribution in [0.1, 0.15) is 19.7 Å². The molecule has 2 aromatic carbocycles. The van der Waals surface area contributed by atoms with E-state index >= 15 is 0 Å². The number of fused-ring (bicyclic) bond motifs is 1. The number of benzene rings is 2. The lowest BCUT2D eigenvalue weighted by atomic mass is 9.98. The van der Waals surface area contributed by atoms with E-state index in [0.717, 1.165) is 28.3 Å². The minimum absolute atomic E-state index is 0.0429. The van der Waals surface area contributed by atoms with Crippen molar-refractivity contribution in [3.05, 3.63) is 77.2 Å². The van der Waals surface area contributed by atoms with Crippen molar-refractivity contribution in [2.75, 3.05) is 13.1 Å². The lowest BCUT2D eigenvalue weighted by molar-refractivity contribution is 0.118.